The van der Waals surface area contributed by atoms with Gasteiger partial charge < -0.3 is 84.2 Å². The van der Waals surface area contributed by atoms with Crippen molar-refractivity contribution >= 4 is 11.8 Å². The van der Waals surface area contributed by atoms with E-state index < -0.39 is 134 Å². The van der Waals surface area contributed by atoms with Crippen molar-refractivity contribution in [2.75, 3.05) is 20.3 Å². The molecule has 0 unspecified atom stereocenters. The maximum Gasteiger partial charge on any atom is 0.314 e. The van der Waals surface area contributed by atoms with Gasteiger partial charge in [-0.2, -0.15) is 0 Å². The number of allylic oxidation sites excluding steroid dienone is 2. The van der Waals surface area contributed by atoms with Crippen LogP contribution in [0.15, 0.2) is 11.8 Å². The number of hydrogen-bond donors (Lipinski definition) is 10. The molecule has 0 aromatic rings. The highest BCUT2D eigenvalue weighted by molar-refractivity contribution is 5.85. The van der Waals surface area contributed by atoms with Crippen molar-refractivity contribution in [2.24, 2.45) is 56.2 Å². The van der Waals surface area contributed by atoms with Gasteiger partial charge in [0.05, 0.1) is 43.7 Å². The van der Waals surface area contributed by atoms with Crippen molar-refractivity contribution in [1.82, 2.24) is 0 Å². The van der Waals surface area contributed by atoms with Gasteiger partial charge in [0.15, 0.2) is 12.6 Å². The topological polar surface area (TPSA) is 301 Å². The van der Waals surface area contributed by atoms with Crippen LogP contribution >= 0.6 is 0 Å². The summed E-state index contributed by atoms with van der Waals surface area (Å²) in [7, 11) is 1.70. The Balaban J connectivity index is 1.01. The molecule has 3 heterocycles. The van der Waals surface area contributed by atoms with Gasteiger partial charge in [0, 0.05) is 17.8 Å². The van der Waals surface area contributed by atoms with Gasteiger partial charge in [0.2, 0.25) is 6.29 Å². The lowest BCUT2D eigenvalue weighted by Gasteiger charge is -2.71. The summed E-state index contributed by atoms with van der Waals surface area (Å²) in [4.78, 5) is 28.5. The molecule has 19 heteroatoms. The number of aliphatic hydroxyl groups excluding tert-OH is 10. The molecule has 3 saturated heterocycles. The number of fused-ring (bicyclic) bond motifs is 7. The van der Waals surface area contributed by atoms with Crippen molar-refractivity contribution in [1.29, 1.82) is 0 Å². The van der Waals surface area contributed by atoms with Crippen molar-refractivity contribution < 1.29 is 93.8 Å². The SMILES string of the molecule is COC1=C[C@@H]2[C@@H]3CC(C)(C)[C@H](O)C[C@]3(C(=O)O[C@@H]3O[C@H](CO[C@@H]4O[C@H](CO)[C@@H](O[C@@H]5O[C@@H](C)[C@H](O)[C@@H](O)[C@H]5O)[C@H](O)[C@H]4O)[C@@H](O)[C@H](O)[C@H]3O)CC[C@@]2(C)[C@]2(C)CC[C@H]3C(C)(C)C(=O)CC[C@]3(C)[C@@H]12. The number of methoxy groups -OCH3 is 1. The van der Waals surface area contributed by atoms with Crippen LogP contribution in [-0.2, 0) is 42.7 Å². The average Bonchev–Trinajstić information content (AvgIpc) is 3.28. The molecule has 5 aliphatic carbocycles. The number of ketones is 1. The largest absolute Gasteiger partial charge is 0.501 e. The molecule has 0 radical (unpaired) electrons. The standard InChI is InChI=1S/C49H78O19/c1-21-30(53)32(55)35(58)41(64-21)67-38-25(19-50)65-40(37(60)34(38)57)63-20-26-31(54)33(56)36(59)42(66-26)68-43(61)49-15-14-47(7)22(23(49)17-44(2,3)29(52)18-49)16-24(62-9)39-46(6)12-11-28(51)45(4,5)27(46)10-13-48(39,47)8/h16,21-23,25-27,29-42,50,52-60H,10-15,17-20H2,1-9H3/t21-,22+,23-,25+,26+,27-,29+,30-,31+,32+,33-,34+,35+,36+,37+,38+,39+,40+,41-,42-,46-,47+,48+,49+/m0/s1. The summed E-state index contributed by atoms with van der Waals surface area (Å²) in [6.45, 7) is 15.2. The van der Waals surface area contributed by atoms with Crippen LogP contribution in [0.25, 0.3) is 0 Å². The van der Waals surface area contributed by atoms with Crippen molar-refractivity contribution in [3.63, 3.8) is 0 Å². The van der Waals surface area contributed by atoms with E-state index >= 15 is 4.79 Å². The van der Waals surface area contributed by atoms with Gasteiger partial charge in [-0.3, -0.25) is 9.59 Å². The predicted molar refractivity (Wildman–Crippen MR) is 235 cm³/mol. The van der Waals surface area contributed by atoms with Crippen LogP contribution in [0.3, 0.4) is 0 Å². The number of rotatable bonds is 9. The molecule has 388 valence electrons. The number of esters is 1. The Kier molecular flexibility index (Phi) is 14.0. The molecule has 24 atom stereocenters. The fourth-order valence-electron chi connectivity index (χ4n) is 15.0. The van der Waals surface area contributed by atoms with Gasteiger partial charge in [-0.05, 0) is 97.4 Å². The minimum atomic E-state index is -1.91. The van der Waals surface area contributed by atoms with Crippen molar-refractivity contribution in [3.8, 4) is 0 Å². The molecule has 0 amide bonds. The van der Waals surface area contributed by atoms with Crippen LogP contribution in [0.1, 0.15) is 107 Å². The second-order valence-electron chi connectivity index (χ2n) is 23.7. The Morgan fingerprint density at radius 3 is 2.01 bits per heavy atom. The molecular weight excluding hydrogens is 893 g/mol. The third kappa shape index (κ3) is 7.95. The normalized spacial score (nSPS) is 53.2. The fourth-order valence-corrected chi connectivity index (χ4v) is 15.0. The molecule has 10 N–H and O–H groups in total. The highest BCUT2D eigenvalue weighted by Crippen LogP contribution is 2.76. The molecule has 68 heavy (non-hydrogen) atoms. The minimum Gasteiger partial charge on any atom is -0.501 e. The highest BCUT2D eigenvalue weighted by atomic mass is 16.8. The van der Waals surface area contributed by atoms with E-state index in [1.165, 1.54) is 6.92 Å². The Morgan fingerprint density at radius 2 is 1.35 bits per heavy atom. The molecule has 0 aromatic heterocycles. The first-order valence-corrected chi connectivity index (χ1v) is 24.6. The van der Waals surface area contributed by atoms with E-state index in [1.807, 2.05) is 13.8 Å². The number of hydrogen-bond acceptors (Lipinski definition) is 19. The Morgan fingerprint density at radius 1 is 0.721 bits per heavy atom. The van der Waals surface area contributed by atoms with E-state index in [1.54, 1.807) is 7.11 Å². The molecule has 3 aliphatic heterocycles. The van der Waals surface area contributed by atoms with Gasteiger partial charge >= 0.3 is 5.97 Å². The van der Waals surface area contributed by atoms with E-state index in [4.69, 9.17) is 33.2 Å². The molecule has 4 saturated carbocycles. The first-order valence-electron chi connectivity index (χ1n) is 24.6. The summed E-state index contributed by atoms with van der Waals surface area (Å²) in [6, 6.07) is 0. The van der Waals surface area contributed by atoms with Gasteiger partial charge in [-0.15, -0.1) is 0 Å². The molecule has 8 rings (SSSR count). The van der Waals surface area contributed by atoms with Crippen LogP contribution in [-0.4, -0.2) is 181 Å². The monoisotopic (exact) mass is 971 g/mol. The molecule has 0 aromatic carbocycles. The number of aliphatic hydroxyl groups is 10. The molecule has 8 aliphatic rings. The van der Waals surface area contributed by atoms with Crippen LogP contribution < -0.4 is 0 Å². The zero-order valence-electron chi connectivity index (χ0n) is 40.8. The second-order valence-corrected chi connectivity index (χ2v) is 23.7. The first kappa shape index (κ1) is 52.4. The van der Waals surface area contributed by atoms with E-state index in [0.717, 1.165) is 25.0 Å². The number of carbonyl (C=O) groups excluding carboxylic acids is 2. The lowest BCUT2D eigenvalue weighted by molar-refractivity contribution is -0.361. The Labute approximate surface area is 398 Å². The van der Waals surface area contributed by atoms with Gasteiger partial charge in [0.1, 0.15) is 72.9 Å². The van der Waals surface area contributed by atoms with Crippen LogP contribution in [0.2, 0.25) is 0 Å². The van der Waals surface area contributed by atoms with Crippen LogP contribution in [0.5, 0.6) is 0 Å². The van der Waals surface area contributed by atoms with Crippen LogP contribution in [0, 0.1) is 56.2 Å². The number of carbonyl (C=O) groups is 2. The van der Waals surface area contributed by atoms with E-state index in [0.29, 0.717) is 31.5 Å². The lowest BCUT2D eigenvalue weighted by Crippen LogP contribution is -2.68. The van der Waals surface area contributed by atoms with Crippen molar-refractivity contribution in [3.05, 3.63) is 11.8 Å². The third-order valence-corrected chi connectivity index (χ3v) is 19.5. The zero-order chi connectivity index (χ0) is 50.0. The summed E-state index contributed by atoms with van der Waals surface area (Å²) >= 11 is 0. The van der Waals surface area contributed by atoms with E-state index in [-0.39, 0.29) is 46.3 Å². The van der Waals surface area contributed by atoms with Gasteiger partial charge in [0.25, 0.3) is 0 Å². The van der Waals surface area contributed by atoms with Gasteiger partial charge in [-0.1, -0.05) is 48.5 Å². The zero-order valence-corrected chi connectivity index (χ0v) is 40.8. The highest BCUT2D eigenvalue weighted by Gasteiger charge is 2.73. The molecule has 19 nitrogen and oxygen atoms in total. The maximum absolute atomic E-state index is 15.1. The smallest absolute Gasteiger partial charge is 0.314 e. The number of Topliss-reactive ketones (excluding diaryl/α,β-unsaturated/α-hetero) is 1. The summed E-state index contributed by atoms with van der Waals surface area (Å²) in [5, 5.41) is 108. The van der Waals surface area contributed by atoms with Crippen LogP contribution in [0.4, 0.5) is 0 Å². The average molecular weight is 971 g/mol. The second kappa shape index (κ2) is 18.2. The molecule has 0 spiro atoms. The minimum absolute atomic E-state index is 0.0134. The molecule has 7 fully saturated rings. The maximum atomic E-state index is 15.1. The molecule has 0 bridgehead atoms. The lowest BCUT2D eigenvalue weighted by atomic mass is 9.32. The first-order chi connectivity index (χ1) is 31.6. The predicted octanol–water partition coefficient (Wildman–Crippen LogP) is 0.177. The van der Waals surface area contributed by atoms with E-state index in [2.05, 4.69) is 40.7 Å². The summed E-state index contributed by atoms with van der Waals surface area (Å²) in [5.74, 6) is 0.0212. The van der Waals surface area contributed by atoms with Crippen molar-refractivity contribution in [2.45, 2.75) is 205 Å². The number of ether oxygens (including phenoxy) is 7. The Hall–Kier alpha value is -1.92. The van der Waals surface area contributed by atoms with E-state index in [9.17, 15) is 55.9 Å². The summed E-state index contributed by atoms with van der Waals surface area (Å²) in [5.41, 5.74) is -3.20. The summed E-state index contributed by atoms with van der Waals surface area (Å²) in [6.07, 6.45) is -18.9. The molecular formula is C49H78O19. The third-order valence-electron chi connectivity index (χ3n) is 19.5. The fraction of sp³-hybridized carbons (Fsp3) is 0.918. The summed E-state index contributed by atoms with van der Waals surface area (Å²) < 4.78 is 41.1. The quantitative estimate of drug-likeness (QED) is 0.138. The van der Waals surface area contributed by atoms with Gasteiger partial charge in [-0.25, -0.2) is 0 Å². The Bertz CT molecular complexity index is 1910.